The Bertz CT molecular complexity index is 288. The molecule has 0 bridgehead atoms. The first-order valence-electron chi connectivity index (χ1n) is 4.33. The first-order valence-corrected chi connectivity index (χ1v) is 5.50. The Labute approximate surface area is 92.4 Å². The van der Waals surface area contributed by atoms with E-state index in [1.165, 1.54) is 5.56 Å². The standard InChI is InChI=1S/C10H13BrClN/c1-2-9(13)6-7-5-8(12)3-4-10(7)11/h3-5,9H,2,6,13H2,1H3. The van der Waals surface area contributed by atoms with Gasteiger partial charge in [-0.2, -0.15) is 0 Å². The lowest BCUT2D eigenvalue weighted by Gasteiger charge is -2.10. The van der Waals surface area contributed by atoms with E-state index >= 15 is 0 Å². The molecule has 0 saturated heterocycles. The van der Waals surface area contributed by atoms with Crippen molar-refractivity contribution in [2.24, 2.45) is 5.73 Å². The molecule has 1 nitrogen and oxygen atoms in total. The van der Waals surface area contributed by atoms with Gasteiger partial charge in [-0.05, 0) is 36.6 Å². The third kappa shape index (κ3) is 3.29. The van der Waals surface area contributed by atoms with Crippen molar-refractivity contribution in [1.29, 1.82) is 0 Å². The minimum atomic E-state index is 0.217. The highest BCUT2D eigenvalue weighted by atomic mass is 79.9. The molecule has 0 aromatic heterocycles. The monoisotopic (exact) mass is 261 g/mol. The number of hydrogen-bond donors (Lipinski definition) is 1. The summed E-state index contributed by atoms with van der Waals surface area (Å²) in [5.74, 6) is 0. The fourth-order valence-electron chi connectivity index (χ4n) is 1.13. The summed E-state index contributed by atoms with van der Waals surface area (Å²) in [7, 11) is 0. The molecule has 13 heavy (non-hydrogen) atoms. The van der Waals surface area contributed by atoms with Crippen molar-refractivity contribution >= 4 is 27.5 Å². The van der Waals surface area contributed by atoms with Crippen molar-refractivity contribution in [3.05, 3.63) is 33.3 Å². The number of hydrogen-bond acceptors (Lipinski definition) is 1. The second-order valence-corrected chi connectivity index (χ2v) is 4.40. The van der Waals surface area contributed by atoms with Crippen molar-refractivity contribution in [3.63, 3.8) is 0 Å². The summed E-state index contributed by atoms with van der Waals surface area (Å²) in [6.45, 7) is 2.09. The van der Waals surface area contributed by atoms with Gasteiger partial charge in [0, 0.05) is 15.5 Å². The van der Waals surface area contributed by atoms with Crippen molar-refractivity contribution in [3.8, 4) is 0 Å². The minimum Gasteiger partial charge on any atom is -0.327 e. The maximum Gasteiger partial charge on any atom is 0.0409 e. The highest BCUT2D eigenvalue weighted by Crippen LogP contribution is 2.22. The summed E-state index contributed by atoms with van der Waals surface area (Å²) in [4.78, 5) is 0. The van der Waals surface area contributed by atoms with Gasteiger partial charge < -0.3 is 5.73 Å². The van der Waals surface area contributed by atoms with E-state index in [0.29, 0.717) is 0 Å². The van der Waals surface area contributed by atoms with Crippen molar-refractivity contribution in [2.75, 3.05) is 0 Å². The molecule has 0 aliphatic heterocycles. The quantitative estimate of drug-likeness (QED) is 0.888. The lowest BCUT2D eigenvalue weighted by Crippen LogP contribution is -2.21. The summed E-state index contributed by atoms with van der Waals surface area (Å²) >= 11 is 9.36. The zero-order valence-electron chi connectivity index (χ0n) is 7.56. The Morgan fingerprint density at radius 2 is 2.23 bits per heavy atom. The maximum atomic E-state index is 5.88. The molecule has 1 atom stereocenters. The molecule has 0 aliphatic rings. The largest absolute Gasteiger partial charge is 0.327 e. The molecule has 1 aromatic carbocycles. The van der Waals surface area contributed by atoms with Crippen molar-refractivity contribution in [2.45, 2.75) is 25.8 Å². The third-order valence-electron chi connectivity index (χ3n) is 2.01. The number of nitrogens with two attached hydrogens (primary N) is 1. The minimum absolute atomic E-state index is 0.217. The van der Waals surface area contributed by atoms with Gasteiger partial charge in [0.05, 0.1) is 0 Å². The van der Waals surface area contributed by atoms with Crippen LogP contribution >= 0.6 is 27.5 Å². The van der Waals surface area contributed by atoms with Crippen LogP contribution in [0.15, 0.2) is 22.7 Å². The van der Waals surface area contributed by atoms with Crippen LogP contribution in [-0.2, 0) is 6.42 Å². The van der Waals surface area contributed by atoms with E-state index in [1.54, 1.807) is 0 Å². The van der Waals surface area contributed by atoms with Gasteiger partial charge in [0.15, 0.2) is 0 Å². The molecule has 0 radical (unpaired) electrons. The molecular weight excluding hydrogens is 249 g/mol. The van der Waals surface area contributed by atoms with Gasteiger partial charge in [-0.15, -0.1) is 0 Å². The molecule has 0 heterocycles. The molecule has 0 aliphatic carbocycles. The van der Waals surface area contributed by atoms with Gasteiger partial charge in [0.2, 0.25) is 0 Å². The van der Waals surface area contributed by atoms with Gasteiger partial charge in [-0.25, -0.2) is 0 Å². The van der Waals surface area contributed by atoms with Gasteiger partial charge in [-0.3, -0.25) is 0 Å². The number of rotatable bonds is 3. The first-order chi connectivity index (χ1) is 6.13. The van der Waals surface area contributed by atoms with E-state index in [0.717, 1.165) is 22.3 Å². The summed E-state index contributed by atoms with van der Waals surface area (Å²) in [6, 6.07) is 6.00. The van der Waals surface area contributed by atoms with Crippen LogP contribution in [0.4, 0.5) is 0 Å². The van der Waals surface area contributed by atoms with Crippen LogP contribution in [-0.4, -0.2) is 6.04 Å². The van der Waals surface area contributed by atoms with E-state index in [1.807, 2.05) is 18.2 Å². The Hall–Kier alpha value is -0.0500. The maximum absolute atomic E-state index is 5.88. The predicted octanol–water partition coefficient (Wildman–Crippen LogP) is 3.38. The summed E-state index contributed by atoms with van der Waals surface area (Å²) < 4.78 is 1.08. The summed E-state index contributed by atoms with van der Waals surface area (Å²) in [5, 5.41) is 0.765. The topological polar surface area (TPSA) is 26.0 Å². The second kappa shape index (κ2) is 4.99. The average molecular weight is 263 g/mol. The smallest absolute Gasteiger partial charge is 0.0409 e. The number of benzene rings is 1. The van der Waals surface area contributed by atoms with Gasteiger partial charge in [0.25, 0.3) is 0 Å². The molecule has 1 aromatic rings. The molecular formula is C10H13BrClN. The van der Waals surface area contributed by atoms with Crippen LogP contribution in [0.1, 0.15) is 18.9 Å². The zero-order chi connectivity index (χ0) is 9.84. The summed E-state index contributed by atoms with van der Waals surface area (Å²) in [5.41, 5.74) is 7.04. The van der Waals surface area contributed by atoms with Gasteiger partial charge in [-0.1, -0.05) is 34.5 Å². The zero-order valence-corrected chi connectivity index (χ0v) is 9.90. The fraction of sp³-hybridized carbons (Fsp3) is 0.400. The second-order valence-electron chi connectivity index (χ2n) is 3.11. The highest BCUT2D eigenvalue weighted by Gasteiger charge is 2.05. The van der Waals surface area contributed by atoms with Gasteiger partial charge >= 0.3 is 0 Å². The Morgan fingerprint density at radius 3 is 2.85 bits per heavy atom. The SMILES string of the molecule is CCC(N)Cc1cc(Cl)ccc1Br. The van der Waals surface area contributed by atoms with E-state index in [2.05, 4.69) is 22.9 Å². The van der Waals surface area contributed by atoms with Crippen LogP contribution in [0.3, 0.4) is 0 Å². The summed E-state index contributed by atoms with van der Waals surface area (Å²) in [6.07, 6.45) is 1.86. The van der Waals surface area contributed by atoms with E-state index < -0.39 is 0 Å². The number of halogens is 2. The molecule has 2 N–H and O–H groups in total. The van der Waals surface area contributed by atoms with E-state index in [9.17, 15) is 0 Å². The van der Waals surface area contributed by atoms with E-state index in [4.69, 9.17) is 17.3 Å². The molecule has 3 heteroatoms. The third-order valence-corrected chi connectivity index (χ3v) is 3.02. The lowest BCUT2D eigenvalue weighted by atomic mass is 10.1. The van der Waals surface area contributed by atoms with Crippen molar-refractivity contribution in [1.82, 2.24) is 0 Å². The highest BCUT2D eigenvalue weighted by molar-refractivity contribution is 9.10. The molecule has 1 unspecified atom stereocenters. The lowest BCUT2D eigenvalue weighted by molar-refractivity contribution is 0.645. The first kappa shape index (κ1) is 11.0. The van der Waals surface area contributed by atoms with Crippen LogP contribution in [0, 0.1) is 0 Å². The van der Waals surface area contributed by atoms with Gasteiger partial charge in [0.1, 0.15) is 0 Å². The van der Waals surface area contributed by atoms with Crippen LogP contribution in [0.5, 0.6) is 0 Å². The van der Waals surface area contributed by atoms with Crippen LogP contribution < -0.4 is 5.73 Å². The molecule has 0 saturated carbocycles. The Morgan fingerprint density at radius 1 is 1.54 bits per heavy atom. The molecule has 0 fully saturated rings. The molecule has 0 spiro atoms. The molecule has 72 valence electrons. The van der Waals surface area contributed by atoms with Crippen LogP contribution in [0.2, 0.25) is 5.02 Å². The normalized spacial score (nSPS) is 12.9. The fourth-order valence-corrected chi connectivity index (χ4v) is 1.73. The van der Waals surface area contributed by atoms with Crippen LogP contribution in [0.25, 0.3) is 0 Å². The average Bonchev–Trinajstić information content (AvgIpc) is 2.11. The molecule has 1 rings (SSSR count). The van der Waals surface area contributed by atoms with E-state index in [-0.39, 0.29) is 6.04 Å². The predicted molar refractivity (Wildman–Crippen MR) is 61.1 cm³/mol. The Balaban J connectivity index is 2.81. The molecule has 0 amide bonds. The van der Waals surface area contributed by atoms with Crippen molar-refractivity contribution < 1.29 is 0 Å². The Kier molecular flexibility index (Phi) is 4.23.